The number of hydrogen-bond acceptors (Lipinski definition) is 7. The van der Waals surface area contributed by atoms with Gasteiger partial charge in [0.1, 0.15) is 6.04 Å². The minimum absolute atomic E-state index is 0.0559. The molecule has 2 heterocycles. The molecule has 2 fully saturated rings. The molecule has 1 aliphatic heterocycles. The summed E-state index contributed by atoms with van der Waals surface area (Å²) in [6, 6.07) is 6.98. The number of carbonyl (C=O) groups excluding carboxylic acids is 1. The Morgan fingerprint density at radius 2 is 1.97 bits per heavy atom. The van der Waals surface area contributed by atoms with E-state index in [-0.39, 0.29) is 36.9 Å². The molecule has 208 valence electrons. The zero-order chi connectivity index (χ0) is 27.7. The number of alkyl halides is 2. The van der Waals surface area contributed by atoms with Crippen molar-refractivity contribution < 1.29 is 36.6 Å². The molecule has 0 bridgehead atoms. The molecule has 2 aromatic rings. The number of aromatic nitrogens is 1. The highest BCUT2D eigenvalue weighted by Crippen LogP contribution is 2.39. The summed E-state index contributed by atoms with van der Waals surface area (Å²) in [5.41, 5.74) is 0.741. The molecule has 0 radical (unpaired) electrons. The first-order valence-electron chi connectivity index (χ1n) is 12.4. The van der Waals surface area contributed by atoms with Gasteiger partial charge in [0, 0.05) is 12.7 Å². The van der Waals surface area contributed by atoms with Crippen LogP contribution >= 0.6 is 0 Å². The summed E-state index contributed by atoms with van der Waals surface area (Å²) < 4.78 is 62.4. The number of halogens is 2. The molecule has 1 aromatic carbocycles. The van der Waals surface area contributed by atoms with Crippen LogP contribution in [0.5, 0.6) is 11.5 Å². The number of aliphatic hydroxyl groups is 1. The Morgan fingerprint density at radius 3 is 2.61 bits per heavy atom. The highest BCUT2D eigenvalue weighted by molar-refractivity contribution is 7.88. The predicted molar refractivity (Wildman–Crippen MR) is 135 cm³/mol. The lowest BCUT2D eigenvalue weighted by molar-refractivity contribution is -0.124. The van der Waals surface area contributed by atoms with Crippen molar-refractivity contribution in [2.45, 2.75) is 63.8 Å². The van der Waals surface area contributed by atoms with Crippen molar-refractivity contribution in [1.82, 2.24) is 14.6 Å². The molecule has 1 saturated carbocycles. The van der Waals surface area contributed by atoms with E-state index < -0.39 is 34.2 Å². The van der Waals surface area contributed by atoms with Crippen molar-refractivity contribution >= 4 is 15.9 Å². The molecule has 4 rings (SSSR count). The van der Waals surface area contributed by atoms with Crippen molar-refractivity contribution in [3.63, 3.8) is 0 Å². The van der Waals surface area contributed by atoms with Crippen molar-refractivity contribution in [2.75, 3.05) is 19.4 Å². The van der Waals surface area contributed by atoms with Gasteiger partial charge in [-0.25, -0.2) is 8.42 Å². The monoisotopic (exact) mass is 553 g/mol. The minimum atomic E-state index is -3.73. The summed E-state index contributed by atoms with van der Waals surface area (Å²) in [7, 11) is -3.73. The standard InChI is InChI=1S/C26H33F2N3O6S/c1-26(2,33)19-8-9-29-20(12-19)13-30-24(32)21-10-18(14-31(21)38(3,34)35)17-6-7-22(37-25(27)28)23(11-17)36-15-16-4-5-16/h6-9,11-12,16,18,21,25,33H,4-5,10,13-15H2,1-3H3,(H,30,32). The van der Waals surface area contributed by atoms with Crippen LogP contribution in [0, 0.1) is 5.92 Å². The molecule has 38 heavy (non-hydrogen) atoms. The molecule has 1 amide bonds. The molecule has 2 aliphatic rings. The number of pyridine rings is 1. The van der Waals surface area contributed by atoms with Gasteiger partial charge in [-0.3, -0.25) is 9.78 Å². The maximum Gasteiger partial charge on any atom is 0.387 e. The third-order valence-electron chi connectivity index (χ3n) is 6.78. The van der Waals surface area contributed by atoms with Gasteiger partial charge in [0.2, 0.25) is 15.9 Å². The molecule has 12 heteroatoms. The van der Waals surface area contributed by atoms with Gasteiger partial charge >= 0.3 is 6.61 Å². The Bertz CT molecular complexity index is 1260. The van der Waals surface area contributed by atoms with Crippen LogP contribution in [0.3, 0.4) is 0 Å². The van der Waals surface area contributed by atoms with Crippen LogP contribution < -0.4 is 14.8 Å². The van der Waals surface area contributed by atoms with Gasteiger partial charge in [0.05, 0.1) is 30.7 Å². The molecule has 2 atom stereocenters. The Labute approximate surface area is 221 Å². The molecule has 2 N–H and O–H groups in total. The largest absolute Gasteiger partial charge is 0.489 e. The summed E-state index contributed by atoms with van der Waals surface area (Å²) in [4.78, 5) is 17.4. The van der Waals surface area contributed by atoms with Gasteiger partial charge in [0.25, 0.3) is 0 Å². The number of hydrogen-bond donors (Lipinski definition) is 2. The molecule has 1 saturated heterocycles. The first-order valence-corrected chi connectivity index (χ1v) is 14.3. The lowest BCUT2D eigenvalue weighted by Crippen LogP contribution is -2.45. The normalized spacial score (nSPS) is 20.5. The van der Waals surface area contributed by atoms with Crippen LogP contribution in [0.4, 0.5) is 8.78 Å². The Hall–Kier alpha value is -2.83. The Morgan fingerprint density at radius 1 is 1.24 bits per heavy atom. The van der Waals surface area contributed by atoms with E-state index in [4.69, 9.17) is 4.74 Å². The van der Waals surface area contributed by atoms with Crippen molar-refractivity contribution in [2.24, 2.45) is 5.92 Å². The lowest BCUT2D eigenvalue weighted by Gasteiger charge is -2.21. The van der Waals surface area contributed by atoms with Crippen LogP contribution in [0.25, 0.3) is 0 Å². The number of amides is 1. The van der Waals surface area contributed by atoms with Crippen LogP contribution in [-0.4, -0.2) is 60.8 Å². The van der Waals surface area contributed by atoms with E-state index in [1.165, 1.54) is 12.3 Å². The summed E-state index contributed by atoms with van der Waals surface area (Å²) in [5.74, 6) is -0.363. The number of rotatable bonds is 11. The highest BCUT2D eigenvalue weighted by atomic mass is 32.2. The van der Waals surface area contributed by atoms with E-state index in [1.807, 2.05) is 0 Å². The van der Waals surface area contributed by atoms with Crippen LogP contribution in [-0.2, 0) is 27.0 Å². The molecule has 0 spiro atoms. The van der Waals surface area contributed by atoms with E-state index in [9.17, 15) is 27.1 Å². The van der Waals surface area contributed by atoms with Crippen molar-refractivity contribution in [1.29, 1.82) is 0 Å². The van der Waals surface area contributed by atoms with Crippen LogP contribution in [0.2, 0.25) is 0 Å². The van der Waals surface area contributed by atoms with Gasteiger partial charge in [-0.05, 0) is 80.3 Å². The Balaban J connectivity index is 1.50. The second-order valence-electron chi connectivity index (χ2n) is 10.4. The number of sulfonamides is 1. The lowest BCUT2D eigenvalue weighted by atomic mass is 9.95. The molecule has 9 nitrogen and oxygen atoms in total. The maximum atomic E-state index is 13.1. The van der Waals surface area contributed by atoms with E-state index in [0.29, 0.717) is 29.3 Å². The van der Waals surface area contributed by atoms with Gasteiger partial charge in [-0.1, -0.05) is 6.07 Å². The van der Waals surface area contributed by atoms with Gasteiger partial charge < -0.3 is 19.9 Å². The number of nitrogens with one attached hydrogen (secondary N) is 1. The first kappa shape index (κ1) is 28.2. The summed E-state index contributed by atoms with van der Waals surface area (Å²) in [6.07, 6.45) is 4.82. The topological polar surface area (TPSA) is 118 Å². The smallest absolute Gasteiger partial charge is 0.387 e. The summed E-state index contributed by atoms with van der Waals surface area (Å²) in [6.45, 7) is 0.768. The zero-order valence-electron chi connectivity index (χ0n) is 21.6. The number of nitrogens with zero attached hydrogens (tertiary/aromatic N) is 2. The first-order chi connectivity index (χ1) is 17.8. The summed E-state index contributed by atoms with van der Waals surface area (Å²) in [5, 5.41) is 13.0. The third kappa shape index (κ3) is 7.17. The van der Waals surface area contributed by atoms with E-state index in [1.54, 1.807) is 38.1 Å². The van der Waals surface area contributed by atoms with E-state index >= 15 is 0 Å². The summed E-state index contributed by atoms with van der Waals surface area (Å²) >= 11 is 0. The highest BCUT2D eigenvalue weighted by Gasteiger charge is 2.42. The van der Waals surface area contributed by atoms with Gasteiger partial charge in [0.15, 0.2) is 11.5 Å². The fourth-order valence-corrected chi connectivity index (χ4v) is 5.57. The predicted octanol–water partition coefficient (Wildman–Crippen LogP) is 3.13. The zero-order valence-corrected chi connectivity index (χ0v) is 22.4. The SMILES string of the molecule is CC(C)(O)c1ccnc(CNC(=O)C2CC(c3ccc(OC(F)F)c(OCC4CC4)c3)CN2S(C)(=O)=O)c1. The van der Waals surface area contributed by atoms with Crippen molar-refractivity contribution in [3.8, 4) is 11.5 Å². The fraction of sp³-hybridized carbons (Fsp3) is 0.538. The quantitative estimate of drug-likeness (QED) is 0.439. The van der Waals surface area contributed by atoms with E-state index in [0.717, 1.165) is 23.4 Å². The second kappa shape index (κ2) is 11.1. The molecule has 2 unspecified atom stereocenters. The van der Waals surface area contributed by atoms with E-state index in [2.05, 4.69) is 15.0 Å². The minimum Gasteiger partial charge on any atom is -0.489 e. The third-order valence-corrected chi connectivity index (χ3v) is 8.03. The average Bonchev–Trinajstić information content (AvgIpc) is 3.55. The number of benzene rings is 1. The molecular formula is C26H33F2N3O6S. The van der Waals surface area contributed by atoms with Crippen LogP contribution in [0.15, 0.2) is 36.5 Å². The van der Waals surface area contributed by atoms with Gasteiger partial charge in [-0.15, -0.1) is 0 Å². The Kier molecular flexibility index (Phi) is 8.24. The number of ether oxygens (including phenoxy) is 2. The van der Waals surface area contributed by atoms with Crippen molar-refractivity contribution in [3.05, 3.63) is 53.3 Å². The molecular weight excluding hydrogens is 520 g/mol. The molecule has 1 aromatic heterocycles. The van der Waals surface area contributed by atoms with Crippen LogP contribution in [0.1, 0.15) is 55.8 Å². The maximum absolute atomic E-state index is 13.1. The second-order valence-corrected chi connectivity index (χ2v) is 12.4. The van der Waals surface area contributed by atoms with Gasteiger partial charge in [-0.2, -0.15) is 13.1 Å². The number of carbonyl (C=O) groups is 1. The average molecular weight is 554 g/mol. The fourth-order valence-electron chi connectivity index (χ4n) is 4.48. The molecule has 1 aliphatic carbocycles.